The summed E-state index contributed by atoms with van der Waals surface area (Å²) >= 11 is 0. The number of hydrogen-bond acceptors (Lipinski definition) is 4. The number of hydrogen-bond donors (Lipinski definition) is 1. The Bertz CT molecular complexity index is 843. The minimum atomic E-state index is -0.442. The number of nitrogens with zero attached hydrogens (tertiary/aromatic N) is 2. The fourth-order valence-electron chi connectivity index (χ4n) is 2.18. The highest BCUT2D eigenvalue weighted by Gasteiger charge is 2.10. The first-order valence-corrected chi connectivity index (χ1v) is 7.55. The summed E-state index contributed by atoms with van der Waals surface area (Å²) in [5.74, 6) is 0.0987. The third kappa shape index (κ3) is 3.84. The first kappa shape index (κ1) is 15.9. The van der Waals surface area contributed by atoms with E-state index in [9.17, 15) is 9.18 Å². The molecule has 1 N–H and O–H groups in total. The van der Waals surface area contributed by atoms with E-state index in [4.69, 9.17) is 4.42 Å². The van der Waals surface area contributed by atoms with E-state index in [0.29, 0.717) is 24.7 Å². The zero-order chi connectivity index (χ0) is 16.9. The standard InChI is InChI=1S/C18H16FN3O2/c1-12-5-7-13(8-6-12)18-22-21-16(24-18)9-10-20-17(23)14-3-2-4-15(19)11-14/h2-8,11H,9-10H2,1H3,(H,20,23). The van der Waals surface area contributed by atoms with Gasteiger partial charge in [-0.3, -0.25) is 4.79 Å². The van der Waals surface area contributed by atoms with Crippen molar-refractivity contribution in [3.05, 3.63) is 71.4 Å². The van der Waals surface area contributed by atoms with E-state index in [1.807, 2.05) is 31.2 Å². The molecule has 0 fully saturated rings. The molecule has 1 amide bonds. The van der Waals surface area contributed by atoms with Gasteiger partial charge in [0.15, 0.2) is 0 Å². The summed E-state index contributed by atoms with van der Waals surface area (Å²) < 4.78 is 18.7. The number of rotatable bonds is 5. The van der Waals surface area contributed by atoms with Crippen LogP contribution >= 0.6 is 0 Å². The van der Waals surface area contributed by atoms with E-state index in [-0.39, 0.29) is 11.5 Å². The molecule has 122 valence electrons. The Kier molecular flexibility index (Phi) is 4.65. The summed E-state index contributed by atoms with van der Waals surface area (Å²) in [5, 5.41) is 10.7. The van der Waals surface area contributed by atoms with Crippen LogP contribution in [0.25, 0.3) is 11.5 Å². The van der Waals surface area contributed by atoms with Gasteiger partial charge in [0, 0.05) is 24.1 Å². The van der Waals surface area contributed by atoms with E-state index in [1.54, 1.807) is 6.07 Å². The smallest absolute Gasteiger partial charge is 0.251 e. The summed E-state index contributed by atoms with van der Waals surface area (Å²) in [6.07, 6.45) is 0.403. The third-order valence-corrected chi connectivity index (χ3v) is 3.48. The van der Waals surface area contributed by atoms with E-state index in [1.165, 1.54) is 18.2 Å². The molecule has 3 rings (SSSR count). The van der Waals surface area contributed by atoms with Crippen LogP contribution in [0.15, 0.2) is 52.9 Å². The molecule has 0 atom stereocenters. The number of nitrogens with one attached hydrogen (secondary N) is 1. The van der Waals surface area contributed by atoms with E-state index in [2.05, 4.69) is 15.5 Å². The Labute approximate surface area is 138 Å². The van der Waals surface area contributed by atoms with Gasteiger partial charge in [0.2, 0.25) is 11.8 Å². The predicted molar refractivity (Wildman–Crippen MR) is 86.9 cm³/mol. The van der Waals surface area contributed by atoms with Gasteiger partial charge in [-0.05, 0) is 37.3 Å². The Morgan fingerprint density at radius 3 is 2.71 bits per heavy atom. The van der Waals surface area contributed by atoms with Gasteiger partial charge in [-0.25, -0.2) is 4.39 Å². The van der Waals surface area contributed by atoms with Gasteiger partial charge in [-0.15, -0.1) is 10.2 Å². The van der Waals surface area contributed by atoms with Gasteiger partial charge in [0.1, 0.15) is 5.82 Å². The first-order valence-electron chi connectivity index (χ1n) is 7.55. The van der Waals surface area contributed by atoms with Crippen molar-refractivity contribution in [2.75, 3.05) is 6.54 Å². The van der Waals surface area contributed by atoms with Crippen LogP contribution in [0.4, 0.5) is 4.39 Å². The lowest BCUT2D eigenvalue weighted by Gasteiger charge is -2.03. The molecule has 0 unspecified atom stereocenters. The fraction of sp³-hybridized carbons (Fsp3) is 0.167. The van der Waals surface area contributed by atoms with Crippen molar-refractivity contribution in [2.45, 2.75) is 13.3 Å². The van der Waals surface area contributed by atoms with Crippen LogP contribution in [0.1, 0.15) is 21.8 Å². The minimum Gasteiger partial charge on any atom is -0.421 e. The van der Waals surface area contributed by atoms with Crippen molar-refractivity contribution in [1.29, 1.82) is 0 Å². The zero-order valence-electron chi connectivity index (χ0n) is 13.1. The molecule has 0 aliphatic rings. The fourth-order valence-corrected chi connectivity index (χ4v) is 2.18. The topological polar surface area (TPSA) is 68.0 Å². The van der Waals surface area contributed by atoms with Crippen molar-refractivity contribution in [1.82, 2.24) is 15.5 Å². The number of carbonyl (C=O) groups excluding carboxylic acids is 1. The Hall–Kier alpha value is -3.02. The second-order valence-electron chi connectivity index (χ2n) is 5.38. The minimum absolute atomic E-state index is 0.279. The van der Waals surface area contributed by atoms with Crippen molar-refractivity contribution in [3.63, 3.8) is 0 Å². The summed E-state index contributed by atoms with van der Waals surface area (Å²) in [6.45, 7) is 2.33. The van der Waals surface area contributed by atoms with Crippen LogP contribution < -0.4 is 5.32 Å². The normalized spacial score (nSPS) is 10.6. The lowest BCUT2D eigenvalue weighted by molar-refractivity contribution is 0.0953. The number of carbonyl (C=O) groups is 1. The molecule has 0 saturated heterocycles. The maximum Gasteiger partial charge on any atom is 0.251 e. The van der Waals surface area contributed by atoms with Crippen LogP contribution in [0.2, 0.25) is 0 Å². The van der Waals surface area contributed by atoms with Gasteiger partial charge in [-0.2, -0.15) is 0 Å². The van der Waals surface area contributed by atoms with E-state index in [0.717, 1.165) is 11.1 Å². The summed E-state index contributed by atoms with van der Waals surface area (Å²) in [7, 11) is 0. The van der Waals surface area contributed by atoms with E-state index < -0.39 is 5.82 Å². The van der Waals surface area contributed by atoms with Crippen LogP contribution in [0.3, 0.4) is 0 Å². The second kappa shape index (κ2) is 7.04. The van der Waals surface area contributed by atoms with Crippen molar-refractivity contribution < 1.29 is 13.6 Å². The number of aryl methyl sites for hydroxylation is 1. The molecule has 3 aromatic rings. The number of aromatic nitrogens is 2. The van der Waals surface area contributed by atoms with Crippen molar-refractivity contribution >= 4 is 5.91 Å². The largest absolute Gasteiger partial charge is 0.421 e. The van der Waals surface area contributed by atoms with Crippen molar-refractivity contribution in [2.24, 2.45) is 0 Å². The van der Waals surface area contributed by atoms with Gasteiger partial charge >= 0.3 is 0 Å². The van der Waals surface area contributed by atoms with Gasteiger partial charge in [-0.1, -0.05) is 23.8 Å². The molecule has 0 saturated carbocycles. The Morgan fingerprint density at radius 1 is 1.17 bits per heavy atom. The highest BCUT2D eigenvalue weighted by Crippen LogP contribution is 2.18. The Morgan fingerprint density at radius 2 is 1.96 bits per heavy atom. The molecule has 24 heavy (non-hydrogen) atoms. The maximum absolute atomic E-state index is 13.1. The van der Waals surface area contributed by atoms with E-state index >= 15 is 0 Å². The van der Waals surface area contributed by atoms with Crippen LogP contribution in [0, 0.1) is 12.7 Å². The molecule has 0 spiro atoms. The molecule has 6 heteroatoms. The molecule has 0 bridgehead atoms. The van der Waals surface area contributed by atoms with Crippen LogP contribution in [-0.2, 0) is 6.42 Å². The van der Waals surface area contributed by atoms with Crippen LogP contribution in [-0.4, -0.2) is 22.6 Å². The molecule has 0 aliphatic heterocycles. The number of amides is 1. The van der Waals surface area contributed by atoms with Gasteiger partial charge < -0.3 is 9.73 Å². The van der Waals surface area contributed by atoms with Crippen LogP contribution in [0.5, 0.6) is 0 Å². The molecular weight excluding hydrogens is 309 g/mol. The Balaban J connectivity index is 1.56. The quantitative estimate of drug-likeness (QED) is 0.782. The highest BCUT2D eigenvalue weighted by atomic mass is 19.1. The van der Waals surface area contributed by atoms with Crippen molar-refractivity contribution in [3.8, 4) is 11.5 Å². The summed E-state index contributed by atoms with van der Waals surface area (Å²) in [6, 6.07) is 13.3. The second-order valence-corrected chi connectivity index (χ2v) is 5.38. The molecular formula is C18H16FN3O2. The third-order valence-electron chi connectivity index (χ3n) is 3.48. The monoisotopic (exact) mass is 325 g/mol. The summed E-state index contributed by atoms with van der Waals surface area (Å²) in [5.41, 5.74) is 2.28. The molecule has 1 heterocycles. The maximum atomic E-state index is 13.1. The highest BCUT2D eigenvalue weighted by molar-refractivity contribution is 5.94. The van der Waals surface area contributed by atoms with Gasteiger partial charge in [0.25, 0.3) is 5.91 Å². The molecule has 0 aliphatic carbocycles. The molecule has 5 nitrogen and oxygen atoms in total. The molecule has 2 aromatic carbocycles. The molecule has 1 aromatic heterocycles. The number of benzene rings is 2. The predicted octanol–water partition coefficient (Wildman–Crippen LogP) is 3.16. The lowest BCUT2D eigenvalue weighted by Crippen LogP contribution is -2.25. The number of halogens is 1. The first-order chi connectivity index (χ1) is 11.6. The van der Waals surface area contributed by atoms with Gasteiger partial charge in [0.05, 0.1) is 0 Å². The summed E-state index contributed by atoms with van der Waals surface area (Å²) in [4.78, 5) is 11.9. The average molecular weight is 325 g/mol. The average Bonchev–Trinajstić information content (AvgIpc) is 3.04. The molecule has 0 radical (unpaired) electrons. The lowest BCUT2D eigenvalue weighted by atomic mass is 10.1. The zero-order valence-corrected chi connectivity index (χ0v) is 13.1. The SMILES string of the molecule is Cc1ccc(-c2nnc(CCNC(=O)c3cccc(F)c3)o2)cc1.